The molecule has 4 rings (SSSR count). The van der Waals surface area contributed by atoms with Crippen molar-refractivity contribution in [3.8, 4) is 0 Å². The molecular weight excluding hydrogens is 360 g/mol. The molecule has 1 aliphatic heterocycles. The van der Waals surface area contributed by atoms with Crippen LogP contribution in [0.5, 0.6) is 0 Å². The van der Waals surface area contributed by atoms with E-state index >= 15 is 0 Å². The van der Waals surface area contributed by atoms with Gasteiger partial charge < -0.3 is 15.1 Å². The highest BCUT2D eigenvalue weighted by atomic mass is 16.2. The first-order valence-corrected chi connectivity index (χ1v) is 10.0. The van der Waals surface area contributed by atoms with Gasteiger partial charge in [-0.3, -0.25) is 4.79 Å². The van der Waals surface area contributed by atoms with Gasteiger partial charge in [0.1, 0.15) is 5.82 Å². The summed E-state index contributed by atoms with van der Waals surface area (Å²) in [6, 6.07) is 22.4. The van der Waals surface area contributed by atoms with Gasteiger partial charge in [0.05, 0.1) is 5.56 Å². The molecule has 0 unspecified atom stereocenters. The summed E-state index contributed by atoms with van der Waals surface area (Å²) in [6.45, 7) is 5.96. The third-order valence-electron chi connectivity index (χ3n) is 5.26. The number of aryl methyl sites for hydroxylation is 1. The average molecular weight is 386 g/mol. The maximum atomic E-state index is 12.8. The number of amides is 1. The molecule has 0 atom stereocenters. The molecule has 0 bridgehead atoms. The number of nitrogens with zero attached hydrogens (tertiary/aromatic N) is 3. The Kier molecular flexibility index (Phi) is 5.75. The van der Waals surface area contributed by atoms with E-state index in [1.807, 2.05) is 35.2 Å². The minimum Gasteiger partial charge on any atom is -0.368 e. The molecule has 0 saturated carbocycles. The van der Waals surface area contributed by atoms with Gasteiger partial charge in [0.2, 0.25) is 0 Å². The van der Waals surface area contributed by atoms with Gasteiger partial charge >= 0.3 is 0 Å². The molecule has 0 aliphatic carbocycles. The van der Waals surface area contributed by atoms with Crippen LogP contribution in [0.15, 0.2) is 72.9 Å². The number of piperazine rings is 1. The van der Waals surface area contributed by atoms with Crippen molar-refractivity contribution in [2.24, 2.45) is 0 Å². The van der Waals surface area contributed by atoms with Crippen molar-refractivity contribution in [3.63, 3.8) is 0 Å². The Morgan fingerprint density at radius 2 is 1.76 bits per heavy atom. The molecule has 3 aromatic rings. The number of pyridine rings is 1. The van der Waals surface area contributed by atoms with Crippen molar-refractivity contribution in [1.29, 1.82) is 0 Å². The zero-order valence-electron chi connectivity index (χ0n) is 16.7. The highest BCUT2D eigenvalue weighted by Gasteiger charge is 2.22. The molecule has 1 saturated heterocycles. The number of hydrogen-bond acceptors (Lipinski definition) is 4. The topological polar surface area (TPSA) is 48.5 Å². The molecule has 5 nitrogen and oxygen atoms in total. The van der Waals surface area contributed by atoms with E-state index in [1.165, 1.54) is 16.8 Å². The second-order valence-electron chi connectivity index (χ2n) is 7.39. The Labute approximate surface area is 172 Å². The summed E-state index contributed by atoms with van der Waals surface area (Å²) in [6.07, 6.45) is 1.67. The van der Waals surface area contributed by atoms with Gasteiger partial charge in [-0.25, -0.2) is 4.98 Å². The molecule has 148 valence electrons. The van der Waals surface area contributed by atoms with Gasteiger partial charge in [-0.05, 0) is 42.3 Å². The average Bonchev–Trinajstić information content (AvgIpc) is 2.78. The number of benzene rings is 2. The van der Waals surface area contributed by atoms with Crippen LogP contribution in [0.3, 0.4) is 0 Å². The smallest absolute Gasteiger partial charge is 0.255 e. The lowest BCUT2D eigenvalue weighted by Gasteiger charge is -2.36. The molecule has 2 heterocycles. The van der Waals surface area contributed by atoms with Crippen LogP contribution < -0.4 is 10.2 Å². The Morgan fingerprint density at radius 3 is 2.45 bits per heavy atom. The quantitative estimate of drug-likeness (QED) is 0.721. The number of hydrogen-bond donors (Lipinski definition) is 1. The van der Waals surface area contributed by atoms with Gasteiger partial charge in [-0.2, -0.15) is 0 Å². The van der Waals surface area contributed by atoms with Gasteiger partial charge in [0.15, 0.2) is 0 Å². The lowest BCUT2D eigenvalue weighted by Crippen LogP contribution is -2.48. The maximum Gasteiger partial charge on any atom is 0.255 e. The molecule has 1 amide bonds. The van der Waals surface area contributed by atoms with Crippen LogP contribution in [0.25, 0.3) is 0 Å². The third kappa shape index (κ3) is 4.74. The van der Waals surface area contributed by atoms with Crippen molar-refractivity contribution < 1.29 is 4.79 Å². The van der Waals surface area contributed by atoms with E-state index in [-0.39, 0.29) is 5.91 Å². The minimum absolute atomic E-state index is 0.0519. The van der Waals surface area contributed by atoms with Crippen LogP contribution in [0.4, 0.5) is 11.5 Å². The summed E-state index contributed by atoms with van der Waals surface area (Å²) in [5.41, 5.74) is 4.32. The Hall–Kier alpha value is -3.34. The number of carbonyl (C=O) groups excluding carboxylic acids is 1. The molecule has 1 aromatic heterocycles. The van der Waals surface area contributed by atoms with Crippen LogP contribution in [0.1, 0.15) is 21.5 Å². The van der Waals surface area contributed by atoms with Gasteiger partial charge in [-0.1, -0.05) is 42.5 Å². The van der Waals surface area contributed by atoms with Gasteiger partial charge in [0.25, 0.3) is 5.91 Å². The number of rotatable bonds is 5. The summed E-state index contributed by atoms with van der Waals surface area (Å²) < 4.78 is 0. The van der Waals surface area contributed by atoms with E-state index in [0.717, 1.165) is 32.0 Å². The zero-order chi connectivity index (χ0) is 20.1. The van der Waals surface area contributed by atoms with Gasteiger partial charge in [-0.15, -0.1) is 0 Å². The largest absolute Gasteiger partial charge is 0.368 e. The molecule has 5 heteroatoms. The summed E-state index contributed by atoms with van der Waals surface area (Å²) >= 11 is 0. The SMILES string of the molecule is Cc1cccc(N2CCN(C(=O)c3ccc(NCc4ccccc4)nc3)CC2)c1. The summed E-state index contributed by atoms with van der Waals surface area (Å²) in [4.78, 5) is 21.5. The molecule has 0 spiro atoms. The fourth-order valence-electron chi connectivity index (χ4n) is 3.59. The van der Waals surface area contributed by atoms with E-state index in [0.29, 0.717) is 12.1 Å². The maximum absolute atomic E-state index is 12.8. The predicted octanol–water partition coefficient (Wildman–Crippen LogP) is 3.96. The highest BCUT2D eigenvalue weighted by Crippen LogP contribution is 2.19. The molecule has 2 aromatic carbocycles. The summed E-state index contributed by atoms with van der Waals surface area (Å²) in [7, 11) is 0. The predicted molar refractivity (Wildman–Crippen MR) is 117 cm³/mol. The normalized spacial score (nSPS) is 14.0. The van der Waals surface area contributed by atoms with Crippen LogP contribution in [0.2, 0.25) is 0 Å². The summed E-state index contributed by atoms with van der Waals surface area (Å²) in [5.74, 6) is 0.825. The number of nitrogens with one attached hydrogen (secondary N) is 1. The molecule has 1 aliphatic rings. The Balaban J connectivity index is 1.31. The van der Waals surface area contributed by atoms with Crippen molar-refractivity contribution in [2.75, 3.05) is 36.4 Å². The minimum atomic E-state index is 0.0519. The fourth-order valence-corrected chi connectivity index (χ4v) is 3.59. The van der Waals surface area contributed by atoms with Crippen molar-refractivity contribution in [1.82, 2.24) is 9.88 Å². The first-order chi connectivity index (χ1) is 14.2. The van der Waals surface area contributed by atoms with E-state index in [4.69, 9.17) is 0 Å². The van der Waals surface area contributed by atoms with Crippen molar-refractivity contribution in [2.45, 2.75) is 13.5 Å². The molecule has 1 fully saturated rings. The number of aromatic nitrogens is 1. The first-order valence-electron chi connectivity index (χ1n) is 10.0. The fraction of sp³-hybridized carbons (Fsp3) is 0.250. The van der Waals surface area contributed by atoms with E-state index < -0.39 is 0 Å². The highest BCUT2D eigenvalue weighted by molar-refractivity contribution is 5.94. The number of carbonyl (C=O) groups is 1. The third-order valence-corrected chi connectivity index (χ3v) is 5.26. The van der Waals surface area contributed by atoms with Crippen LogP contribution in [0, 0.1) is 6.92 Å². The van der Waals surface area contributed by atoms with Crippen LogP contribution in [-0.2, 0) is 6.54 Å². The number of anilines is 2. The molecular formula is C24H26N4O. The van der Waals surface area contributed by atoms with E-state index in [1.54, 1.807) is 6.20 Å². The monoisotopic (exact) mass is 386 g/mol. The van der Waals surface area contributed by atoms with Crippen molar-refractivity contribution in [3.05, 3.63) is 89.6 Å². The lowest BCUT2D eigenvalue weighted by molar-refractivity contribution is 0.0746. The Bertz CT molecular complexity index is 948. The van der Waals surface area contributed by atoms with Crippen LogP contribution in [-0.4, -0.2) is 42.0 Å². The lowest BCUT2D eigenvalue weighted by atomic mass is 10.1. The zero-order valence-corrected chi connectivity index (χ0v) is 16.7. The van der Waals surface area contributed by atoms with E-state index in [2.05, 4.69) is 58.5 Å². The molecule has 0 radical (unpaired) electrons. The van der Waals surface area contributed by atoms with Crippen LogP contribution >= 0.6 is 0 Å². The Morgan fingerprint density at radius 1 is 0.966 bits per heavy atom. The second-order valence-corrected chi connectivity index (χ2v) is 7.39. The molecule has 29 heavy (non-hydrogen) atoms. The first kappa shape index (κ1) is 19.0. The summed E-state index contributed by atoms with van der Waals surface area (Å²) in [5, 5.41) is 3.29. The van der Waals surface area contributed by atoms with Crippen molar-refractivity contribution >= 4 is 17.4 Å². The second kappa shape index (κ2) is 8.78. The molecule has 1 N–H and O–H groups in total. The standard InChI is InChI=1S/C24H26N4O/c1-19-6-5-9-22(16-19)27-12-14-28(15-13-27)24(29)21-10-11-23(26-18-21)25-17-20-7-3-2-4-8-20/h2-11,16,18H,12-15,17H2,1H3,(H,25,26). The van der Waals surface area contributed by atoms with Gasteiger partial charge in [0, 0.05) is 44.6 Å². The van der Waals surface area contributed by atoms with E-state index in [9.17, 15) is 4.79 Å².